The maximum atomic E-state index is 12.6. The van der Waals surface area contributed by atoms with E-state index in [0.717, 1.165) is 5.56 Å². The molecule has 2 aromatic rings. The first kappa shape index (κ1) is 15.5. The minimum absolute atomic E-state index is 0.0803. The van der Waals surface area contributed by atoms with Gasteiger partial charge in [-0.25, -0.2) is 4.79 Å². The summed E-state index contributed by atoms with van der Waals surface area (Å²) >= 11 is 6.08. The maximum Gasteiger partial charge on any atom is 0.329 e. The number of aryl methyl sites for hydroxylation is 1. The standard InChI is InChI=1S/C15H18ClN3O2/c1-10-5-4-6-11(9-10)12-13(16)17-15(21)19(14(12)20)8-7-18(2)3/h4-6,9H,7-8H2,1-3H3,(H,17,21). The molecule has 0 saturated heterocycles. The van der Waals surface area contributed by atoms with E-state index in [2.05, 4.69) is 4.98 Å². The third kappa shape index (κ3) is 3.43. The molecule has 0 fully saturated rings. The normalized spacial score (nSPS) is 11.1. The van der Waals surface area contributed by atoms with Crippen molar-refractivity contribution in [3.8, 4) is 11.1 Å². The van der Waals surface area contributed by atoms with E-state index in [1.165, 1.54) is 4.57 Å². The third-order valence-electron chi connectivity index (χ3n) is 3.22. The molecule has 5 nitrogen and oxygen atoms in total. The van der Waals surface area contributed by atoms with Crippen LogP contribution in [0.25, 0.3) is 11.1 Å². The Hall–Kier alpha value is -1.85. The van der Waals surface area contributed by atoms with Gasteiger partial charge in [-0.3, -0.25) is 14.3 Å². The maximum absolute atomic E-state index is 12.6. The van der Waals surface area contributed by atoms with Gasteiger partial charge in [0.1, 0.15) is 5.15 Å². The van der Waals surface area contributed by atoms with Gasteiger partial charge < -0.3 is 4.90 Å². The Kier molecular flexibility index (Phi) is 4.65. The molecule has 0 unspecified atom stereocenters. The molecule has 0 radical (unpaired) electrons. The number of H-pyrrole nitrogens is 1. The molecule has 112 valence electrons. The Balaban J connectivity index is 2.59. The van der Waals surface area contributed by atoms with Crippen molar-refractivity contribution in [3.63, 3.8) is 0 Å². The summed E-state index contributed by atoms with van der Waals surface area (Å²) in [5, 5.41) is 0.0803. The Morgan fingerprint density at radius 3 is 2.62 bits per heavy atom. The predicted octanol–water partition coefficient (Wildman–Crippen LogP) is 1.73. The summed E-state index contributed by atoms with van der Waals surface area (Å²) in [6.45, 7) is 2.85. The number of aromatic nitrogens is 2. The first-order valence-electron chi connectivity index (χ1n) is 6.64. The third-order valence-corrected chi connectivity index (χ3v) is 3.50. The first-order valence-corrected chi connectivity index (χ1v) is 7.02. The largest absolute Gasteiger partial charge is 0.329 e. The number of likely N-dealkylation sites (N-methyl/N-ethyl adjacent to an activating group) is 1. The fraction of sp³-hybridized carbons (Fsp3) is 0.333. The van der Waals surface area contributed by atoms with Gasteiger partial charge in [0.15, 0.2) is 0 Å². The van der Waals surface area contributed by atoms with E-state index in [9.17, 15) is 9.59 Å². The van der Waals surface area contributed by atoms with Crippen molar-refractivity contribution in [2.75, 3.05) is 20.6 Å². The van der Waals surface area contributed by atoms with E-state index >= 15 is 0 Å². The summed E-state index contributed by atoms with van der Waals surface area (Å²) in [7, 11) is 3.77. The van der Waals surface area contributed by atoms with Crippen molar-refractivity contribution in [1.82, 2.24) is 14.5 Å². The van der Waals surface area contributed by atoms with Crippen LogP contribution >= 0.6 is 11.6 Å². The molecule has 0 amide bonds. The number of nitrogens with zero attached hydrogens (tertiary/aromatic N) is 2. The zero-order valence-electron chi connectivity index (χ0n) is 12.3. The highest BCUT2D eigenvalue weighted by Gasteiger charge is 2.14. The minimum atomic E-state index is -0.483. The molecule has 1 heterocycles. The van der Waals surface area contributed by atoms with E-state index in [1.54, 1.807) is 0 Å². The summed E-state index contributed by atoms with van der Waals surface area (Å²) in [5.74, 6) is 0. The van der Waals surface area contributed by atoms with Crippen LogP contribution in [-0.2, 0) is 6.54 Å². The lowest BCUT2D eigenvalue weighted by Crippen LogP contribution is -2.38. The molecule has 0 atom stereocenters. The van der Waals surface area contributed by atoms with Crippen molar-refractivity contribution in [3.05, 3.63) is 55.8 Å². The van der Waals surface area contributed by atoms with Gasteiger partial charge in [-0.1, -0.05) is 41.4 Å². The Morgan fingerprint density at radius 1 is 1.29 bits per heavy atom. The minimum Gasteiger partial charge on any atom is -0.308 e. The number of benzene rings is 1. The van der Waals surface area contributed by atoms with Crippen molar-refractivity contribution in [1.29, 1.82) is 0 Å². The summed E-state index contributed by atoms with van der Waals surface area (Å²) in [4.78, 5) is 29.0. The van der Waals surface area contributed by atoms with Gasteiger partial charge in [0.05, 0.1) is 5.56 Å². The molecule has 1 N–H and O–H groups in total. The SMILES string of the molecule is Cc1cccc(-c2c(Cl)[nH]c(=O)n(CCN(C)C)c2=O)c1. The second kappa shape index (κ2) is 6.28. The smallest absolute Gasteiger partial charge is 0.308 e. The number of hydrogen-bond donors (Lipinski definition) is 1. The van der Waals surface area contributed by atoms with Gasteiger partial charge in [-0.05, 0) is 26.6 Å². The van der Waals surface area contributed by atoms with Crippen LogP contribution in [0.5, 0.6) is 0 Å². The van der Waals surface area contributed by atoms with Gasteiger partial charge in [0.25, 0.3) is 5.56 Å². The molecule has 2 rings (SSSR count). The summed E-state index contributed by atoms with van der Waals surface area (Å²) in [6.07, 6.45) is 0. The Morgan fingerprint density at radius 2 is 2.00 bits per heavy atom. The van der Waals surface area contributed by atoms with Crippen LogP contribution in [0, 0.1) is 6.92 Å². The topological polar surface area (TPSA) is 58.1 Å². The van der Waals surface area contributed by atoms with Gasteiger partial charge in [0.2, 0.25) is 0 Å². The van der Waals surface area contributed by atoms with E-state index in [-0.39, 0.29) is 10.7 Å². The summed E-state index contributed by atoms with van der Waals surface area (Å²) < 4.78 is 1.18. The molecule has 0 aliphatic heterocycles. The fourth-order valence-electron chi connectivity index (χ4n) is 2.10. The Bertz CT molecular complexity index is 762. The molecule has 0 aliphatic rings. The first-order chi connectivity index (χ1) is 9.90. The quantitative estimate of drug-likeness (QED) is 0.875. The van der Waals surface area contributed by atoms with Crippen LogP contribution in [0.15, 0.2) is 33.9 Å². The molecule has 21 heavy (non-hydrogen) atoms. The lowest BCUT2D eigenvalue weighted by molar-refractivity contribution is 0.376. The van der Waals surface area contributed by atoms with Crippen molar-refractivity contribution in [2.24, 2.45) is 0 Å². The van der Waals surface area contributed by atoms with Crippen molar-refractivity contribution in [2.45, 2.75) is 13.5 Å². The molecule has 0 bridgehead atoms. The second-order valence-electron chi connectivity index (χ2n) is 5.25. The number of rotatable bonds is 4. The molecule has 1 aromatic carbocycles. The molecular weight excluding hydrogens is 290 g/mol. The molecule has 1 aromatic heterocycles. The number of nitrogens with one attached hydrogen (secondary N) is 1. The van der Waals surface area contributed by atoms with E-state index in [0.29, 0.717) is 24.2 Å². The average Bonchev–Trinajstić information content (AvgIpc) is 2.37. The Labute approximate surface area is 127 Å². The van der Waals surface area contributed by atoms with Crippen LogP contribution < -0.4 is 11.2 Å². The lowest BCUT2D eigenvalue weighted by Gasteiger charge is -2.12. The zero-order chi connectivity index (χ0) is 15.6. The fourth-order valence-corrected chi connectivity index (χ4v) is 2.37. The number of aromatic amines is 1. The summed E-state index contributed by atoms with van der Waals surface area (Å²) in [5.41, 5.74) is 1.21. The van der Waals surface area contributed by atoms with E-state index in [1.807, 2.05) is 50.2 Å². The number of hydrogen-bond acceptors (Lipinski definition) is 3. The number of halogens is 1. The van der Waals surface area contributed by atoms with Crippen LogP contribution in [0.4, 0.5) is 0 Å². The highest BCUT2D eigenvalue weighted by molar-refractivity contribution is 6.32. The highest BCUT2D eigenvalue weighted by Crippen LogP contribution is 2.22. The zero-order valence-corrected chi connectivity index (χ0v) is 13.1. The van der Waals surface area contributed by atoms with Gasteiger partial charge >= 0.3 is 5.69 Å². The van der Waals surface area contributed by atoms with Crippen molar-refractivity contribution < 1.29 is 0 Å². The highest BCUT2D eigenvalue weighted by atomic mass is 35.5. The van der Waals surface area contributed by atoms with Gasteiger partial charge in [0, 0.05) is 13.1 Å². The van der Waals surface area contributed by atoms with Crippen LogP contribution in [0.2, 0.25) is 5.15 Å². The molecule has 0 spiro atoms. The van der Waals surface area contributed by atoms with Crippen molar-refractivity contribution >= 4 is 11.6 Å². The molecule has 6 heteroatoms. The molecule has 0 saturated carbocycles. The van der Waals surface area contributed by atoms with Gasteiger partial charge in [-0.15, -0.1) is 0 Å². The van der Waals surface area contributed by atoms with Gasteiger partial charge in [-0.2, -0.15) is 0 Å². The summed E-state index contributed by atoms with van der Waals surface area (Å²) in [6, 6.07) is 7.48. The predicted molar refractivity (Wildman–Crippen MR) is 85.1 cm³/mol. The van der Waals surface area contributed by atoms with E-state index < -0.39 is 5.69 Å². The van der Waals surface area contributed by atoms with E-state index in [4.69, 9.17) is 11.6 Å². The van der Waals surface area contributed by atoms with Crippen LogP contribution in [0.3, 0.4) is 0 Å². The average molecular weight is 308 g/mol. The van der Waals surface area contributed by atoms with Crippen LogP contribution in [0.1, 0.15) is 5.56 Å². The second-order valence-corrected chi connectivity index (χ2v) is 5.63. The molecule has 0 aliphatic carbocycles. The lowest BCUT2D eigenvalue weighted by atomic mass is 10.1. The molecular formula is C15H18ClN3O2. The monoisotopic (exact) mass is 307 g/mol. The van der Waals surface area contributed by atoms with Crippen LogP contribution in [-0.4, -0.2) is 35.1 Å².